The molecule has 0 aromatic heterocycles. The summed E-state index contributed by atoms with van der Waals surface area (Å²) in [6.45, 7) is 0. The largest absolute Gasteiger partial charge is 0.107 e. The third kappa shape index (κ3) is 4.92. The zero-order valence-corrected chi connectivity index (χ0v) is 8.66. The van der Waals surface area contributed by atoms with Crippen molar-refractivity contribution in [3.8, 4) is 0 Å². The zero-order chi connectivity index (χ0) is 4.99. The van der Waals surface area contributed by atoms with Gasteiger partial charge in [-0.1, -0.05) is 37.9 Å². The summed E-state index contributed by atoms with van der Waals surface area (Å²) in [7, 11) is 1.15. The van der Waals surface area contributed by atoms with E-state index in [0.717, 1.165) is 10.2 Å². The molecular formula is C3H6Br2Si. The minimum atomic E-state index is 0.377. The molecule has 0 aromatic carbocycles. The Labute approximate surface area is 57.7 Å². The highest BCUT2D eigenvalue weighted by Crippen LogP contribution is 2.07. The van der Waals surface area contributed by atoms with Crippen molar-refractivity contribution >= 4 is 42.1 Å². The lowest BCUT2D eigenvalue weighted by molar-refractivity contribution is 1.75. The fourth-order valence-electron chi connectivity index (χ4n) is 0.145. The van der Waals surface area contributed by atoms with Crippen molar-refractivity contribution in [3.05, 3.63) is 11.8 Å². The average Bonchev–Trinajstić information content (AvgIpc) is 1.35. The van der Waals surface area contributed by atoms with Gasteiger partial charge in [-0.3, -0.25) is 0 Å². The monoisotopic (exact) mass is 228 g/mol. The van der Waals surface area contributed by atoms with Crippen molar-refractivity contribution in [2.45, 2.75) is 3.74 Å². The van der Waals surface area contributed by atoms with Crippen LogP contribution in [-0.2, 0) is 0 Å². The van der Waals surface area contributed by atoms with Crippen LogP contribution in [0.1, 0.15) is 0 Å². The molecule has 0 aliphatic rings. The summed E-state index contributed by atoms with van der Waals surface area (Å²) in [5, 5.41) is 0. The Morgan fingerprint density at radius 3 is 2.00 bits per heavy atom. The van der Waals surface area contributed by atoms with E-state index in [4.69, 9.17) is 0 Å². The number of halogens is 2. The van der Waals surface area contributed by atoms with E-state index in [1.54, 1.807) is 0 Å². The summed E-state index contributed by atoms with van der Waals surface area (Å²) < 4.78 is 0.377. The van der Waals surface area contributed by atoms with Crippen molar-refractivity contribution in [2.24, 2.45) is 0 Å². The molecule has 0 aliphatic heterocycles. The summed E-state index contributed by atoms with van der Waals surface area (Å²) in [6, 6.07) is 0. The SMILES string of the molecule is [SiH3]C=CC(Br)Br. The minimum absolute atomic E-state index is 0.377. The summed E-state index contributed by atoms with van der Waals surface area (Å²) in [6.07, 6.45) is 2.06. The van der Waals surface area contributed by atoms with E-state index in [9.17, 15) is 0 Å². The van der Waals surface area contributed by atoms with Gasteiger partial charge in [-0.05, 0) is 0 Å². The van der Waals surface area contributed by atoms with E-state index >= 15 is 0 Å². The molecule has 0 nitrogen and oxygen atoms in total. The second-order valence-corrected chi connectivity index (χ2v) is 4.73. The fourth-order valence-corrected chi connectivity index (χ4v) is 2.27. The van der Waals surface area contributed by atoms with Gasteiger partial charge in [0.25, 0.3) is 0 Å². The van der Waals surface area contributed by atoms with Gasteiger partial charge in [0.2, 0.25) is 0 Å². The molecule has 0 bridgehead atoms. The third-order valence-corrected chi connectivity index (χ3v) is 1.33. The van der Waals surface area contributed by atoms with Crippen LogP contribution < -0.4 is 0 Å². The first-order valence-corrected chi connectivity index (χ1v) is 4.67. The second-order valence-electron chi connectivity index (χ2n) is 0.860. The number of rotatable bonds is 1. The van der Waals surface area contributed by atoms with Crippen molar-refractivity contribution in [1.29, 1.82) is 0 Å². The molecule has 0 fully saturated rings. The molecule has 0 radical (unpaired) electrons. The van der Waals surface area contributed by atoms with Gasteiger partial charge >= 0.3 is 0 Å². The Morgan fingerprint density at radius 1 is 1.50 bits per heavy atom. The molecule has 0 saturated carbocycles. The number of hydrogen-bond acceptors (Lipinski definition) is 0. The summed E-state index contributed by atoms with van der Waals surface area (Å²) >= 11 is 6.57. The number of allylic oxidation sites excluding steroid dienone is 1. The lowest BCUT2D eigenvalue weighted by atomic mass is 10.8. The summed E-state index contributed by atoms with van der Waals surface area (Å²) in [5.41, 5.74) is 2.12. The Hall–Kier alpha value is 0.917. The number of alkyl halides is 2. The van der Waals surface area contributed by atoms with Crippen molar-refractivity contribution in [3.63, 3.8) is 0 Å². The second kappa shape index (κ2) is 4.09. The van der Waals surface area contributed by atoms with Crippen LogP contribution in [0.4, 0.5) is 0 Å². The Balaban J connectivity index is 3.03. The van der Waals surface area contributed by atoms with Crippen LogP contribution in [0.3, 0.4) is 0 Å². The van der Waals surface area contributed by atoms with E-state index in [2.05, 4.69) is 43.6 Å². The summed E-state index contributed by atoms with van der Waals surface area (Å²) in [5.74, 6) is 0. The molecule has 0 saturated heterocycles. The highest BCUT2D eigenvalue weighted by Gasteiger charge is 1.81. The van der Waals surface area contributed by atoms with Crippen LogP contribution in [0, 0.1) is 0 Å². The Kier molecular flexibility index (Phi) is 4.71. The standard InChI is InChI=1S/C3H6Br2Si/c4-3(5)1-2-6/h1-3H,6H3. The molecule has 0 spiro atoms. The van der Waals surface area contributed by atoms with E-state index in [1.165, 1.54) is 0 Å². The van der Waals surface area contributed by atoms with Gasteiger partial charge in [-0.15, -0.1) is 5.70 Å². The minimum Gasteiger partial charge on any atom is -0.107 e. The molecule has 0 rings (SSSR count). The molecule has 36 valence electrons. The molecule has 3 heteroatoms. The lowest BCUT2D eigenvalue weighted by Gasteiger charge is -1.82. The van der Waals surface area contributed by atoms with Crippen molar-refractivity contribution < 1.29 is 0 Å². The van der Waals surface area contributed by atoms with E-state index in [-0.39, 0.29) is 0 Å². The van der Waals surface area contributed by atoms with Crippen LogP contribution in [-0.4, -0.2) is 14.0 Å². The van der Waals surface area contributed by atoms with Gasteiger partial charge in [0.05, 0.1) is 3.74 Å². The van der Waals surface area contributed by atoms with Gasteiger partial charge in [-0.25, -0.2) is 0 Å². The smallest absolute Gasteiger partial charge is 0.0873 e. The summed E-state index contributed by atoms with van der Waals surface area (Å²) in [4.78, 5) is 0. The zero-order valence-electron chi connectivity index (χ0n) is 3.49. The fraction of sp³-hybridized carbons (Fsp3) is 0.333. The molecule has 0 amide bonds. The highest BCUT2D eigenvalue weighted by atomic mass is 79.9. The van der Waals surface area contributed by atoms with Crippen LogP contribution in [0.25, 0.3) is 0 Å². The first-order chi connectivity index (χ1) is 2.77. The molecule has 0 unspecified atom stereocenters. The van der Waals surface area contributed by atoms with Crippen molar-refractivity contribution in [2.75, 3.05) is 0 Å². The molecular weight excluding hydrogens is 224 g/mol. The predicted molar refractivity (Wildman–Crippen MR) is 40.7 cm³/mol. The van der Waals surface area contributed by atoms with Gasteiger partial charge < -0.3 is 0 Å². The molecule has 0 atom stereocenters. The van der Waals surface area contributed by atoms with Gasteiger partial charge in [0.15, 0.2) is 0 Å². The predicted octanol–water partition coefficient (Wildman–Crippen LogP) is 0.981. The molecule has 0 heterocycles. The van der Waals surface area contributed by atoms with E-state index < -0.39 is 0 Å². The molecule has 0 aromatic rings. The quantitative estimate of drug-likeness (QED) is 0.465. The maximum Gasteiger partial charge on any atom is 0.0873 e. The van der Waals surface area contributed by atoms with Gasteiger partial charge in [0.1, 0.15) is 0 Å². The average molecular weight is 230 g/mol. The lowest BCUT2D eigenvalue weighted by Crippen LogP contribution is -1.70. The third-order valence-electron chi connectivity index (χ3n) is 0.338. The van der Waals surface area contributed by atoms with Gasteiger partial charge in [-0.2, -0.15) is 0 Å². The van der Waals surface area contributed by atoms with Gasteiger partial charge in [0, 0.05) is 10.2 Å². The van der Waals surface area contributed by atoms with E-state index in [0.29, 0.717) is 3.74 Å². The Bertz CT molecular complexity index is 50.8. The highest BCUT2D eigenvalue weighted by molar-refractivity contribution is 9.24. The first kappa shape index (κ1) is 6.92. The molecule has 0 N–H and O–H groups in total. The molecule has 0 aliphatic carbocycles. The topological polar surface area (TPSA) is 0 Å². The van der Waals surface area contributed by atoms with Crippen LogP contribution >= 0.6 is 31.9 Å². The number of hydrogen-bond donors (Lipinski definition) is 0. The Morgan fingerprint density at radius 2 is 2.00 bits per heavy atom. The maximum atomic E-state index is 3.29. The van der Waals surface area contributed by atoms with Crippen LogP contribution in [0.5, 0.6) is 0 Å². The van der Waals surface area contributed by atoms with Crippen molar-refractivity contribution in [1.82, 2.24) is 0 Å². The van der Waals surface area contributed by atoms with Crippen LogP contribution in [0.2, 0.25) is 0 Å². The normalized spacial score (nSPS) is 11.8. The van der Waals surface area contributed by atoms with Crippen LogP contribution in [0.15, 0.2) is 11.8 Å². The first-order valence-electron chi connectivity index (χ1n) is 1.68. The molecule has 6 heavy (non-hydrogen) atoms. The maximum absolute atomic E-state index is 3.29. The van der Waals surface area contributed by atoms with E-state index in [1.807, 2.05) is 0 Å².